The molecule has 0 radical (unpaired) electrons. The van der Waals surface area contributed by atoms with Gasteiger partial charge in [-0.1, -0.05) is 12.5 Å². The monoisotopic (exact) mass is 515 g/mol. The highest BCUT2D eigenvalue weighted by atomic mass is 19.2. The van der Waals surface area contributed by atoms with Crippen molar-refractivity contribution in [2.24, 2.45) is 0 Å². The molecule has 3 atom stereocenters. The van der Waals surface area contributed by atoms with E-state index in [4.69, 9.17) is 5.73 Å². The molecule has 1 saturated heterocycles. The van der Waals surface area contributed by atoms with Gasteiger partial charge in [-0.15, -0.1) is 0 Å². The van der Waals surface area contributed by atoms with E-state index in [2.05, 4.69) is 39.6 Å². The van der Waals surface area contributed by atoms with Crippen LogP contribution in [0.4, 0.5) is 14.6 Å². The molecule has 4 aromatic rings. The highest BCUT2D eigenvalue weighted by Crippen LogP contribution is 2.37. The van der Waals surface area contributed by atoms with Gasteiger partial charge >= 0.3 is 5.91 Å². The Labute approximate surface area is 217 Å². The van der Waals surface area contributed by atoms with Crippen LogP contribution in [0.3, 0.4) is 0 Å². The number of carbonyl (C=O) groups excluding carboxylic acids is 1. The summed E-state index contributed by atoms with van der Waals surface area (Å²) >= 11 is 0. The van der Waals surface area contributed by atoms with Crippen LogP contribution in [0.2, 0.25) is 0 Å². The van der Waals surface area contributed by atoms with Gasteiger partial charge in [0.1, 0.15) is 35.7 Å². The van der Waals surface area contributed by atoms with Gasteiger partial charge in [0.25, 0.3) is 0 Å². The minimum Gasteiger partial charge on any atom is -0.383 e. The largest absolute Gasteiger partial charge is 0.383 e. The summed E-state index contributed by atoms with van der Waals surface area (Å²) in [6.07, 6.45) is 5.00. The molecule has 0 spiro atoms. The Morgan fingerprint density at radius 1 is 1.34 bits per heavy atom. The number of fused-ring (bicyclic) bond motifs is 2. The second-order valence-corrected chi connectivity index (χ2v) is 9.48. The maximum Gasteiger partial charge on any atom is 0.338 e. The first-order chi connectivity index (χ1) is 18.2. The number of hydrogen-bond acceptors (Lipinski definition) is 6. The normalized spacial score (nSPS) is 20.8. The van der Waals surface area contributed by atoms with Crippen LogP contribution in [-0.4, -0.2) is 54.3 Å². The van der Waals surface area contributed by atoms with E-state index in [-0.39, 0.29) is 51.5 Å². The number of nitriles is 1. The number of carbonyl (C=O) groups is 1. The lowest BCUT2D eigenvalue weighted by Gasteiger charge is -2.30. The average molecular weight is 516 g/mol. The summed E-state index contributed by atoms with van der Waals surface area (Å²) in [6.45, 7) is 6.27. The predicted octanol–water partition coefficient (Wildman–Crippen LogP) is 3.45. The Kier molecular flexibility index (Phi) is 6.17. The standard InChI is InChI=1S/C27H25F2N8O/c1-4-22(38)37(3)14-17(13-18(37)8-10-30)36-21-9-11-32-27(31)23(21)19(34-36)7-6-16-12-20-26(25(29)24(16)28)35(5-2)15-33-20/h4,9,11-12,15,17-18H,1,5,8,13-14H2,2-3H3,(H2,31,32)/q+1/t17-,18-,37?/m0/s1. The Morgan fingerprint density at radius 2 is 2.13 bits per heavy atom. The van der Waals surface area contributed by atoms with Crippen molar-refractivity contribution in [3.05, 3.63) is 60.2 Å². The lowest BCUT2D eigenvalue weighted by molar-refractivity contribution is -0.844. The number of halogens is 2. The first kappa shape index (κ1) is 25.1. The fourth-order valence-electron chi connectivity index (χ4n) is 5.35. The van der Waals surface area contributed by atoms with Crippen molar-refractivity contribution in [3.8, 4) is 17.9 Å². The average Bonchev–Trinajstić information content (AvgIpc) is 3.59. The Hall–Kier alpha value is -4.61. The number of rotatable bonds is 4. The molecule has 1 fully saturated rings. The molecule has 2 N–H and O–H groups in total. The molecule has 1 aliphatic rings. The van der Waals surface area contributed by atoms with Crippen LogP contribution < -0.4 is 5.73 Å². The van der Waals surface area contributed by atoms with Gasteiger partial charge in [0.2, 0.25) is 0 Å². The maximum atomic E-state index is 14.9. The molecule has 1 unspecified atom stereocenters. The number of aromatic nitrogens is 5. The second kappa shape index (κ2) is 9.36. The number of nitrogen functional groups attached to an aromatic ring is 1. The zero-order valence-electron chi connectivity index (χ0n) is 20.9. The molecule has 9 nitrogen and oxygen atoms in total. The molecule has 0 aliphatic carbocycles. The Bertz CT molecular complexity index is 1720. The number of likely N-dealkylation sites (N-methyl/N-ethyl adjacent to an activating group) is 1. The Morgan fingerprint density at radius 3 is 2.84 bits per heavy atom. The van der Waals surface area contributed by atoms with Gasteiger partial charge in [0.15, 0.2) is 11.6 Å². The first-order valence-electron chi connectivity index (χ1n) is 12.1. The van der Waals surface area contributed by atoms with Gasteiger partial charge in [-0.3, -0.25) is 9.16 Å². The van der Waals surface area contributed by atoms with Crippen LogP contribution >= 0.6 is 0 Å². The van der Waals surface area contributed by atoms with E-state index in [0.717, 1.165) is 0 Å². The van der Waals surface area contributed by atoms with Crippen molar-refractivity contribution in [2.45, 2.75) is 38.4 Å². The molecule has 0 bridgehead atoms. The van der Waals surface area contributed by atoms with E-state index >= 15 is 0 Å². The summed E-state index contributed by atoms with van der Waals surface area (Å²) in [4.78, 5) is 21.1. The second-order valence-electron chi connectivity index (χ2n) is 9.48. The van der Waals surface area contributed by atoms with Crippen molar-refractivity contribution in [1.29, 1.82) is 5.26 Å². The van der Waals surface area contributed by atoms with Crippen LogP contribution in [0.5, 0.6) is 0 Å². The molecule has 3 aromatic heterocycles. The summed E-state index contributed by atoms with van der Waals surface area (Å²) in [6, 6.07) is 4.84. The van der Waals surface area contributed by atoms with E-state index in [0.29, 0.717) is 35.9 Å². The maximum absolute atomic E-state index is 14.9. The molecule has 38 heavy (non-hydrogen) atoms. The number of aryl methyl sites for hydroxylation is 1. The fourth-order valence-corrected chi connectivity index (χ4v) is 5.35. The van der Waals surface area contributed by atoms with Gasteiger partial charge in [0, 0.05) is 25.2 Å². The lowest BCUT2D eigenvalue weighted by atomic mass is 10.1. The van der Waals surface area contributed by atoms with Crippen molar-refractivity contribution in [1.82, 2.24) is 24.3 Å². The number of hydrogen-bond donors (Lipinski definition) is 1. The van der Waals surface area contributed by atoms with E-state index in [1.807, 2.05) is 6.92 Å². The summed E-state index contributed by atoms with van der Waals surface area (Å²) in [5, 5.41) is 14.5. The van der Waals surface area contributed by atoms with E-state index in [9.17, 15) is 18.8 Å². The Balaban J connectivity index is 1.61. The van der Waals surface area contributed by atoms with Gasteiger partial charge in [-0.25, -0.2) is 23.5 Å². The van der Waals surface area contributed by atoms with Crippen LogP contribution in [0.25, 0.3) is 21.9 Å². The number of nitrogens with zero attached hydrogens (tertiary/aromatic N) is 7. The molecule has 0 saturated carbocycles. The minimum absolute atomic E-state index is 0.0273. The van der Waals surface area contributed by atoms with Crippen molar-refractivity contribution in [3.63, 3.8) is 0 Å². The lowest BCUT2D eigenvalue weighted by Crippen LogP contribution is -2.52. The SMILES string of the molecule is C=CC(=O)[N+]1(C)C[C@@H](n2nc(C#Cc3cc4ncn(CC)c4c(F)c3F)c3c(N)nccc32)C[C@@H]1CC#N. The number of pyridine rings is 1. The topological polar surface area (TPSA) is 115 Å². The minimum atomic E-state index is -1.07. The van der Waals surface area contributed by atoms with Gasteiger partial charge in [-0.05, 0) is 25.0 Å². The number of likely N-dealkylation sites (tertiary alicyclic amines) is 1. The van der Waals surface area contributed by atoms with E-state index in [1.165, 1.54) is 23.0 Å². The molecular weight excluding hydrogens is 490 g/mol. The fraction of sp³-hybridized carbons (Fsp3) is 0.296. The number of amides is 1. The van der Waals surface area contributed by atoms with Gasteiger partial charge in [0.05, 0.1) is 47.8 Å². The van der Waals surface area contributed by atoms with Gasteiger partial charge in [-0.2, -0.15) is 10.4 Å². The van der Waals surface area contributed by atoms with Gasteiger partial charge < -0.3 is 10.3 Å². The number of quaternary nitrogens is 1. The van der Waals surface area contributed by atoms with E-state index in [1.54, 1.807) is 24.0 Å². The number of benzene rings is 1. The quantitative estimate of drug-likeness (QED) is 0.253. The number of imidazole rings is 1. The molecule has 4 heterocycles. The molecule has 11 heteroatoms. The zero-order valence-corrected chi connectivity index (χ0v) is 20.9. The van der Waals surface area contributed by atoms with Crippen LogP contribution in [-0.2, 0) is 11.3 Å². The smallest absolute Gasteiger partial charge is 0.338 e. The molecule has 1 amide bonds. The number of anilines is 1. The van der Waals surface area contributed by atoms with Crippen LogP contribution in [0.15, 0.2) is 37.3 Å². The summed E-state index contributed by atoms with van der Waals surface area (Å²) < 4.78 is 33.1. The number of nitrogens with two attached hydrogens (primary N) is 1. The summed E-state index contributed by atoms with van der Waals surface area (Å²) in [5.41, 5.74) is 7.31. The highest BCUT2D eigenvalue weighted by Gasteiger charge is 2.49. The highest BCUT2D eigenvalue weighted by molar-refractivity contribution is 5.93. The third-order valence-electron chi connectivity index (χ3n) is 7.38. The zero-order chi connectivity index (χ0) is 27.2. The van der Waals surface area contributed by atoms with Crippen molar-refractivity contribution >= 4 is 33.7 Å². The third kappa shape index (κ3) is 3.80. The van der Waals surface area contributed by atoms with Crippen molar-refractivity contribution < 1.29 is 18.1 Å². The molecular formula is C27H25F2N8O+. The summed E-state index contributed by atoms with van der Waals surface area (Å²) in [7, 11) is 1.79. The summed E-state index contributed by atoms with van der Waals surface area (Å²) in [5.74, 6) is 3.48. The predicted molar refractivity (Wildman–Crippen MR) is 137 cm³/mol. The third-order valence-corrected chi connectivity index (χ3v) is 7.38. The van der Waals surface area contributed by atoms with Crippen LogP contribution in [0, 0.1) is 34.8 Å². The van der Waals surface area contributed by atoms with Crippen molar-refractivity contribution in [2.75, 3.05) is 19.3 Å². The molecule has 1 aliphatic heterocycles. The molecule has 1 aromatic carbocycles. The molecule has 5 rings (SSSR count). The van der Waals surface area contributed by atoms with E-state index < -0.39 is 11.6 Å². The first-order valence-corrected chi connectivity index (χ1v) is 12.1. The molecule has 192 valence electrons. The van der Waals surface area contributed by atoms with Crippen LogP contribution in [0.1, 0.15) is 37.1 Å².